The van der Waals surface area contributed by atoms with E-state index < -0.39 is 78.2 Å². The van der Waals surface area contributed by atoms with Crippen LogP contribution < -0.4 is 60.4 Å². The van der Waals surface area contributed by atoms with Crippen LogP contribution in [0.25, 0.3) is 0 Å². The molecule has 4 aliphatic carbocycles. The highest BCUT2D eigenvalue weighted by Gasteiger charge is 2.50. The fourth-order valence-electron chi connectivity index (χ4n) is 10.5. The lowest BCUT2D eigenvalue weighted by atomic mass is 9.49. The number of carbonyl (C=O) groups excluding carboxylic acids is 7. The molecule has 7 N–H and O–H groups in total. The van der Waals surface area contributed by atoms with Gasteiger partial charge in [-0.25, -0.2) is 9.36 Å². The maximum Gasteiger partial charge on any atom is 0.328 e. The third-order valence-electron chi connectivity index (χ3n) is 13.4. The SMILES string of the molecule is CC(C)C[C@@H](NC(=O)[C@H](Cc1ccccc1)NC(=O)CNC(=O)[C@@H](C)NC(=O)[C@H](Cc1ccc(O)cc1)NC(=O)[C@H](C)NC(=O)c1ccc[n+](C)c1)C(=O)OCCC12CC3CC(CC(C3)C1)C2.[I-]. The number of nitrogens with one attached hydrogen (secondary N) is 6. The van der Waals surface area contributed by atoms with Gasteiger partial charge in [-0.3, -0.25) is 28.8 Å². The summed E-state index contributed by atoms with van der Waals surface area (Å²) in [4.78, 5) is 94.2. The monoisotopic (exact) mass is 1050 g/mol. The van der Waals surface area contributed by atoms with E-state index in [0.29, 0.717) is 24.2 Å². The number of aromatic nitrogens is 1. The Morgan fingerprint density at radius 3 is 1.84 bits per heavy atom. The van der Waals surface area contributed by atoms with Gasteiger partial charge in [-0.1, -0.05) is 56.3 Å². The van der Waals surface area contributed by atoms with Gasteiger partial charge in [0.25, 0.3) is 5.91 Å². The van der Waals surface area contributed by atoms with Crippen LogP contribution in [0.4, 0.5) is 0 Å². The first kappa shape index (κ1) is 53.4. The van der Waals surface area contributed by atoms with Crippen molar-refractivity contribution in [3.8, 4) is 5.75 Å². The number of halogens is 1. The van der Waals surface area contributed by atoms with Crippen LogP contribution in [-0.4, -0.2) is 89.9 Å². The average molecular weight is 1050 g/mol. The second-order valence-electron chi connectivity index (χ2n) is 19.7. The van der Waals surface area contributed by atoms with E-state index in [1.54, 1.807) is 48.3 Å². The number of hydrogen-bond acceptors (Lipinski definition) is 9. The molecule has 1 aromatic heterocycles. The number of pyridine rings is 1. The zero-order valence-electron chi connectivity index (χ0n) is 39.7. The van der Waals surface area contributed by atoms with E-state index in [4.69, 9.17) is 4.74 Å². The van der Waals surface area contributed by atoms with E-state index in [1.165, 1.54) is 64.5 Å². The fourth-order valence-corrected chi connectivity index (χ4v) is 10.5. The minimum absolute atomic E-state index is 0. The molecule has 6 amide bonds. The van der Waals surface area contributed by atoms with Crippen molar-refractivity contribution in [1.29, 1.82) is 0 Å². The third-order valence-corrected chi connectivity index (χ3v) is 13.4. The molecular formula is C51H68IN7O9. The van der Waals surface area contributed by atoms with E-state index >= 15 is 0 Å². The van der Waals surface area contributed by atoms with Gasteiger partial charge in [0.1, 0.15) is 48.6 Å². The molecule has 4 bridgehead atoms. The number of hydrogen-bond donors (Lipinski definition) is 7. The summed E-state index contributed by atoms with van der Waals surface area (Å²) in [6.45, 7) is 6.57. The summed E-state index contributed by atoms with van der Waals surface area (Å²) in [5.41, 5.74) is 1.93. The first-order chi connectivity index (χ1) is 31.9. The van der Waals surface area contributed by atoms with Gasteiger partial charge in [-0.15, -0.1) is 0 Å². The summed E-state index contributed by atoms with van der Waals surface area (Å²) in [5, 5.41) is 25.8. The van der Waals surface area contributed by atoms with Gasteiger partial charge in [-0.2, -0.15) is 0 Å². The van der Waals surface area contributed by atoms with Crippen LogP contribution in [0.15, 0.2) is 79.1 Å². The molecule has 0 aliphatic heterocycles. The minimum Gasteiger partial charge on any atom is -1.00 e. The molecular weight excluding hydrogens is 982 g/mol. The summed E-state index contributed by atoms with van der Waals surface area (Å²) >= 11 is 0. The molecule has 4 fully saturated rings. The number of phenols is 1. The zero-order valence-corrected chi connectivity index (χ0v) is 41.9. The number of phenolic OH excluding ortho intramolecular Hbond substituents is 1. The molecule has 68 heavy (non-hydrogen) atoms. The number of amides is 6. The minimum atomic E-state index is -1.21. The maximum absolute atomic E-state index is 14.0. The van der Waals surface area contributed by atoms with E-state index in [1.807, 2.05) is 44.2 Å². The molecule has 16 nitrogen and oxygen atoms in total. The highest BCUT2D eigenvalue weighted by atomic mass is 127. The summed E-state index contributed by atoms with van der Waals surface area (Å²) in [5.74, 6) is -1.91. The number of ether oxygens (including phenoxy) is 1. The Morgan fingerprint density at radius 1 is 0.676 bits per heavy atom. The molecule has 3 aromatic rings. The van der Waals surface area contributed by atoms with Gasteiger partial charge in [0.2, 0.25) is 29.5 Å². The Morgan fingerprint density at radius 2 is 1.24 bits per heavy atom. The second kappa shape index (κ2) is 24.6. The molecule has 4 saturated carbocycles. The maximum atomic E-state index is 14.0. The van der Waals surface area contributed by atoms with Crippen molar-refractivity contribution in [3.63, 3.8) is 0 Å². The van der Waals surface area contributed by atoms with Gasteiger partial charge >= 0.3 is 5.97 Å². The number of nitrogens with zero attached hydrogens (tertiary/aromatic N) is 1. The summed E-state index contributed by atoms with van der Waals surface area (Å²) in [6, 6.07) is 13.0. The number of benzene rings is 2. The molecule has 7 rings (SSSR count). The quantitative estimate of drug-likeness (QED) is 0.0411. The van der Waals surface area contributed by atoms with Crippen LogP contribution in [-0.2, 0) is 53.4 Å². The Kier molecular flexibility index (Phi) is 19.3. The summed E-state index contributed by atoms with van der Waals surface area (Å²) < 4.78 is 7.58. The summed E-state index contributed by atoms with van der Waals surface area (Å²) in [7, 11) is 1.76. The van der Waals surface area contributed by atoms with Gasteiger partial charge in [0.05, 0.1) is 13.2 Å². The van der Waals surface area contributed by atoms with Crippen LogP contribution in [0, 0.1) is 29.1 Å². The van der Waals surface area contributed by atoms with Crippen molar-refractivity contribution in [3.05, 3.63) is 95.8 Å². The van der Waals surface area contributed by atoms with Crippen LogP contribution in [0.2, 0.25) is 0 Å². The number of esters is 1. The predicted molar refractivity (Wildman–Crippen MR) is 249 cm³/mol. The van der Waals surface area contributed by atoms with E-state index in [9.17, 15) is 38.7 Å². The molecule has 368 valence electrons. The van der Waals surface area contributed by atoms with E-state index in [2.05, 4.69) is 31.9 Å². The summed E-state index contributed by atoms with van der Waals surface area (Å²) in [6.07, 6.45) is 12.2. The van der Waals surface area contributed by atoms with Crippen LogP contribution >= 0.6 is 0 Å². The zero-order chi connectivity index (χ0) is 48.3. The Hall–Kier alpha value is -5.59. The molecule has 1 heterocycles. The molecule has 4 aliphatic rings. The highest BCUT2D eigenvalue weighted by Crippen LogP contribution is 2.61. The largest absolute Gasteiger partial charge is 1.00 e. The van der Waals surface area contributed by atoms with Crippen LogP contribution in [0.3, 0.4) is 0 Å². The molecule has 5 atom stereocenters. The lowest BCUT2D eigenvalue weighted by Crippen LogP contribution is -3.00. The van der Waals surface area contributed by atoms with Gasteiger partial charge < -0.3 is 65.7 Å². The van der Waals surface area contributed by atoms with Crippen molar-refractivity contribution in [2.75, 3.05) is 13.2 Å². The molecule has 0 radical (unpaired) electrons. The number of aryl methyl sites for hydroxylation is 1. The topological polar surface area (TPSA) is 225 Å². The van der Waals surface area contributed by atoms with Crippen molar-refractivity contribution < 1.29 is 71.9 Å². The van der Waals surface area contributed by atoms with Crippen molar-refractivity contribution in [2.24, 2.45) is 36.1 Å². The standard InChI is InChI=1S/C51H67N7O9.HI/c1-31(2)20-43(50(66)67-19-17-51-26-36-21-37(27-51)23-38(22-36)28-51)57-49(65)41(24-34-10-7-6-8-11-34)55-44(60)29-52-45(61)32(3)54-48(64)42(25-35-13-15-40(59)16-14-35)56-46(62)33(4)53-47(63)39-12-9-18-58(5)30-39;/h6-16,18,30-33,36-38,41-43H,17,19-29H2,1-5H3,(H6-,52,53,54,55,56,57,59,60,61,62,63,64,65);1H/t32-,33+,36?,37?,38?,41+,42+,43-,51?;/m1./s1. The Bertz CT molecular complexity index is 2210. The van der Waals surface area contributed by atoms with E-state index in [0.717, 1.165) is 29.7 Å². The third kappa shape index (κ3) is 15.5. The lowest BCUT2D eigenvalue weighted by molar-refractivity contribution is -0.671. The van der Waals surface area contributed by atoms with Crippen molar-refractivity contribution >= 4 is 41.4 Å². The van der Waals surface area contributed by atoms with Crippen molar-refractivity contribution in [2.45, 2.75) is 122 Å². The number of rotatable bonds is 22. The Labute approximate surface area is 416 Å². The van der Waals surface area contributed by atoms with E-state index in [-0.39, 0.29) is 53.9 Å². The molecule has 0 unspecified atom stereocenters. The van der Waals surface area contributed by atoms with Gasteiger partial charge in [0.15, 0.2) is 12.4 Å². The van der Waals surface area contributed by atoms with Crippen LogP contribution in [0.5, 0.6) is 5.75 Å². The number of carbonyl (C=O) groups is 7. The molecule has 2 aromatic carbocycles. The molecule has 17 heteroatoms. The fraction of sp³-hybridized carbons (Fsp3) is 0.529. The first-order valence-corrected chi connectivity index (χ1v) is 23.7. The Balaban J connectivity index is 0.00000864. The van der Waals surface area contributed by atoms with Crippen molar-refractivity contribution in [1.82, 2.24) is 31.9 Å². The first-order valence-electron chi connectivity index (χ1n) is 23.7. The lowest BCUT2D eigenvalue weighted by Gasteiger charge is -2.57. The second-order valence-corrected chi connectivity index (χ2v) is 19.7. The normalized spacial score (nSPS) is 21.1. The van der Waals surface area contributed by atoms with Crippen LogP contribution in [0.1, 0.15) is 101 Å². The smallest absolute Gasteiger partial charge is 0.328 e. The number of aromatic hydroxyl groups is 1. The average Bonchev–Trinajstić information content (AvgIpc) is 3.27. The predicted octanol–water partition coefficient (Wildman–Crippen LogP) is 0.0955. The molecule has 0 spiro atoms. The van der Waals surface area contributed by atoms with Gasteiger partial charge in [0, 0.05) is 18.9 Å². The van der Waals surface area contributed by atoms with Gasteiger partial charge in [-0.05, 0) is 124 Å². The molecule has 0 saturated heterocycles. The highest BCUT2D eigenvalue weighted by molar-refractivity contribution is 5.98.